The van der Waals surface area contributed by atoms with E-state index in [4.69, 9.17) is 5.73 Å². The molecule has 1 fully saturated rings. The number of piperidine rings is 1. The molecule has 2 unspecified atom stereocenters. The Balaban J connectivity index is 2.09. The number of carbonyl (C=O) groups is 1. The highest BCUT2D eigenvalue weighted by Gasteiger charge is 2.29. The number of hydrogen-bond acceptors (Lipinski definition) is 4. The van der Waals surface area contributed by atoms with Gasteiger partial charge in [-0.1, -0.05) is 6.07 Å². The van der Waals surface area contributed by atoms with Crippen LogP contribution in [0.1, 0.15) is 26.2 Å². The van der Waals surface area contributed by atoms with E-state index in [1.807, 2.05) is 6.92 Å². The minimum absolute atomic E-state index is 0.0115. The van der Waals surface area contributed by atoms with Gasteiger partial charge in [0.15, 0.2) is 0 Å². The Bertz CT molecular complexity index is 533. The second-order valence-electron chi connectivity index (χ2n) is 5.35. The van der Waals surface area contributed by atoms with Crippen LogP contribution in [0.5, 0.6) is 0 Å². The number of nitro benzene ring substituents is 1. The molecule has 2 atom stereocenters. The highest BCUT2D eigenvalue weighted by atomic mass is 16.6. The number of nitrogens with two attached hydrogens (primary N) is 1. The van der Waals surface area contributed by atoms with Crippen LogP contribution < -0.4 is 11.1 Å². The van der Waals surface area contributed by atoms with Gasteiger partial charge in [0.25, 0.3) is 5.69 Å². The fraction of sp³-hybridized carbons (Fsp3) is 0.500. The highest BCUT2D eigenvalue weighted by molar-refractivity contribution is 5.90. The molecular weight excluding hydrogens is 272 g/mol. The van der Waals surface area contributed by atoms with Crippen molar-refractivity contribution in [2.75, 3.05) is 11.9 Å². The number of nitrogens with one attached hydrogen (secondary N) is 1. The maximum atomic E-state index is 12.4. The molecule has 1 heterocycles. The summed E-state index contributed by atoms with van der Waals surface area (Å²) in [5.41, 5.74) is 6.32. The third-order valence-electron chi connectivity index (χ3n) is 3.73. The third kappa shape index (κ3) is 3.69. The number of nitro groups is 1. The van der Waals surface area contributed by atoms with Crippen molar-refractivity contribution in [3.63, 3.8) is 0 Å². The normalized spacial score (nSPS) is 19.9. The number of hydrogen-bond donors (Lipinski definition) is 2. The minimum Gasteiger partial charge on any atom is -0.326 e. The zero-order chi connectivity index (χ0) is 15.4. The summed E-state index contributed by atoms with van der Waals surface area (Å²) in [5, 5.41) is 13.5. The first-order valence-corrected chi connectivity index (χ1v) is 7.06. The molecule has 1 aromatic rings. The van der Waals surface area contributed by atoms with E-state index in [1.54, 1.807) is 17.0 Å². The van der Waals surface area contributed by atoms with Gasteiger partial charge < -0.3 is 16.0 Å². The molecule has 1 aromatic carbocycles. The Morgan fingerprint density at radius 1 is 1.52 bits per heavy atom. The van der Waals surface area contributed by atoms with Crippen LogP contribution in [0.15, 0.2) is 24.3 Å². The summed E-state index contributed by atoms with van der Waals surface area (Å²) in [5.74, 6) is 0. The van der Waals surface area contributed by atoms with Crippen LogP contribution in [0.25, 0.3) is 0 Å². The number of rotatable bonds is 3. The van der Waals surface area contributed by atoms with Gasteiger partial charge in [0.2, 0.25) is 0 Å². The molecule has 1 aliphatic heterocycles. The first-order valence-electron chi connectivity index (χ1n) is 7.06. The molecule has 0 bridgehead atoms. The monoisotopic (exact) mass is 292 g/mol. The summed E-state index contributed by atoms with van der Waals surface area (Å²) in [6.45, 7) is 2.55. The van der Waals surface area contributed by atoms with Crippen LogP contribution in [-0.2, 0) is 0 Å². The maximum Gasteiger partial charge on any atom is 0.322 e. The Hall–Kier alpha value is -2.15. The molecule has 114 valence electrons. The van der Waals surface area contributed by atoms with Crippen molar-refractivity contribution in [2.45, 2.75) is 38.3 Å². The van der Waals surface area contributed by atoms with Crippen LogP contribution in [0.2, 0.25) is 0 Å². The average molecular weight is 292 g/mol. The number of benzene rings is 1. The number of likely N-dealkylation sites (tertiary alicyclic amines) is 1. The molecule has 21 heavy (non-hydrogen) atoms. The molecule has 0 aliphatic carbocycles. The SMILES string of the molecule is CC(N)C1CCCCN1C(=O)Nc1cccc([N+](=O)[O-])c1. The van der Waals surface area contributed by atoms with Gasteiger partial charge in [-0.25, -0.2) is 4.79 Å². The van der Waals surface area contributed by atoms with E-state index in [9.17, 15) is 14.9 Å². The molecule has 2 amide bonds. The predicted octanol–water partition coefficient (Wildman–Crippen LogP) is 2.33. The largest absolute Gasteiger partial charge is 0.326 e. The van der Waals surface area contributed by atoms with Gasteiger partial charge in [-0.3, -0.25) is 10.1 Å². The molecule has 3 N–H and O–H groups in total. The summed E-state index contributed by atoms with van der Waals surface area (Å²) in [4.78, 5) is 24.3. The lowest BCUT2D eigenvalue weighted by Crippen LogP contribution is -2.53. The number of nitrogens with zero attached hydrogens (tertiary/aromatic N) is 2. The zero-order valence-corrected chi connectivity index (χ0v) is 12.0. The average Bonchev–Trinajstić information content (AvgIpc) is 2.47. The lowest BCUT2D eigenvalue weighted by molar-refractivity contribution is -0.384. The van der Waals surface area contributed by atoms with E-state index < -0.39 is 4.92 Å². The van der Waals surface area contributed by atoms with Gasteiger partial charge in [-0.15, -0.1) is 0 Å². The van der Waals surface area contributed by atoms with E-state index in [0.29, 0.717) is 12.2 Å². The molecular formula is C14H20N4O3. The number of amides is 2. The quantitative estimate of drug-likeness (QED) is 0.659. The van der Waals surface area contributed by atoms with Crippen molar-refractivity contribution in [1.82, 2.24) is 4.90 Å². The van der Waals surface area contributed by atoms with Crippen molar-refractivity contribution >= 4 is 17.4 Å². The van der Waals surface area contributed by atoms with Crippen LogP contribution >= 0.6 is 0 Å². The Kier molecular flexibility index (Phi) is 4.74. The second kappa shape index (κ2) is 6.53. The summed E-state index contributed by atoms with van der Waals surface area (Å²) in [6, 6.07) is 5.59. The van der Waals surface area contributed by atoms with E-state index in [1.165, 1.54) is 12.1 Å². The molecule has 7 heteroatoms. The van der Waals surface area contributed by atoms with Crippen LogP contribution in [0, 0.1) is 10.1 Å². The minimum atomic E-state index is -0.485. The molecule has 1 aliphatic rings. The summed E-state index contributed by atoms with van der Waals surface area (Å²) < 4.78 is 0. The summed E-state index contributed by atoms with van der Waals surface area (Å²) >= 11 is 0. The van der Waals surface area contributed by atoms with Gasteiger partial charge >= 0.3 is 6.03 Å². The zero-order valence-electron chi connectivity index (χ0n) is 12.0. The summed E-state index contributed by atoms with van der Waals surface area (Å²) in [6.07, 6.45) is 2.90. The lowest BCUT2D eigenvalue weighted by Gasteiger charge is -2.37. The fourth-order valence-corrected chi connectivity index (χ4v) is 2.65. The van der Waals surface area contributed by atoms with Crippen molar-refractivity contribution in [3.05, 3.63) is 34.4 Å². The van der Waals surface area contributed by atoms with Gasteiger partial charge in [-0.2, -0.15) is 0 Å². The molecule has 1 saturated heterocycles. The van der Waals surface area contributed by atoms with E-state index in [-0.39, 0.29) is 23.8 Å². The number of non-ortho nitro benzene ring substituents is 1. The molecule has 0 spiro atoms. The first kappa shape index (κ1) is 15.2. The van der Waals surface area contributed by atoms with Crippen molar-refractivity contribution in [1.29, 1.82) is 0 Å². The number of anilines is 1. The van der Waals surface area contributed by atoms with Crippen LogP contribution in [0.4, 0.5) is 16.2 Å². The standard InChI is InChI=1S/C14H20N4O3/c1-10(15)13-7-2-3-8-17(13)14(19)16-11-5-4-6-12(9-11)18(20)21/h4-6,9-10,13H,2-3,7-8,15H2,1H3,(H,16,19). The maximum absolute atomic E-state index is 12.4. The van der Waals surface area contributed by atoms with Gasteiger partial charge in [0, 0.05) is 36.4 Å². The molecule has 0 radical (unpaired) electrons. The molecule has 0 aromatic heterocycles. The van der Waals surface area contributed by atoms with Crippen molar-refractivity contribution < 1.29 is 9.72 Å². The highest BCUT2D eigenvalue weighted by Crippen LogP contribution is 2.22. The molecule has 0 saturated carbocycles. The van der Waals surface area contributed by atoms with E-state index in [2.05, 4.69) is 5.32 Å². The first-order chi connectivity index (χ1) is 9.99. The van der Waals surface area contributed by atoms with Crippen molar-refractivity contribution in [3.8, 4) is 0 Å². The second-order valence-corrected chi connectivity index (χ2v) is 5.35. The molecule has 7 nitrogen and oxygen atoms in total. The van der Waals surface area contributed by atoms with Crippen LogP contribution in [-0.4, -0.2) is 34.5 Å². The third-order valence-corrected chi connectivity index (χ3v) is 3.73. The van der Waals surface area contributed by atoms with E-state index >= 15 is 0 Å². The Morgan fingerprint density at radius 2 is 2.29 bits per heavy atom. The Labute approximate surface area is 123 Å². The Morgan fingerprint density at radius 3 is 2.95 bits per heavy atom. The smallest absolute Gasteiger partial charge is 0.322 e. The predicted molar refractivity (Wildman–Crippen MR) is 80.1 cm³/mol. The summed E-state index contributed by atoms with van der Waals surface area (Å²) in [7, 11) is 0. The van der Waals surface area contributed by atoms with Gasteiger partial charge in [-0.05, 0) is 32.3 Å². The fourth-order valence-electron chi connectivity index (χ4n) is 2.65. The van der Waals surface area contributed by atoms with Gasteiger partial charge in [0.1, 0.15) is 0 Å². The van der Waals surface area contributed by atoms with E-state index in [0.717, 1.165) is 19.3 Å². The van der Waals surface area contributed by atoms with Crippen LogP contribution in [0.3, 0.4) is 0 Å². The lowest BCUT2D eigenvalue weighted by atomic mass is 9.97. The topological polar surface area (TPSA) is 102 Å². The van der Waals surface area contributed by atoms with Crippen molar-refractivity contribution in [2.24, 2.45) is 5.73 Å². The number of carbonyl (C=O) groups excluding carboxylic acids is 1. The molecule has 2 rings (SSSR count). The number of urea groups is 1. The van der Waals surface area contributed by atoms with Gasteiger partial charge in [0.05, 0.1) is 4.92 Å².